The number of nitrogens with one attached hydrogen (secondary N) is 1. The van der Waals surface area contributed by atoms with Crippen LogP contribution in [0.1, 0.15) is 36.2 Å². The van der Waals surface area contributed by atoms with Gasteiger partial charge in [0.15, 0.2) is 0 Å². The molecule has 0 aliphatic rings. The summed E-state index contributed by atoms with van der Waals surface area (Å²) in [6, 6.07) is 25.0. The maximum Gasteiger partial charge on any atom is 0.251 e. The number of nitrogens with zero attached hydrogens (tertiary/aromatic N) is 2. The Morgan fingerprint density at radius 3 is 2.44 bits per heavy atom. The summed E-state index contributed by atoms with van der Waals surface area (Å²) < 4.78 is 13.1. The van der Waals surface area contributed by atoms with Gasteiger partial charge in [-0.15, -0.1) is 0 Å². The molecule has 0 spiro atoms. The number of benzene rings is 3. The van der Waals surface area contributed by atoms with Crippen LogP contribution in [0.5, 0.6) is 11.5 Å². The van der Waals surface area contributed by atoms with Crippen LogP contribution in [0.3, 0.4) is 0 Å². The van der Waals surface area contributed by atoms with E-state index in [0.29, 0.717) is 25.3 Å². The number of amides is 1. The van der Waals surface area contributed by atoms with Crippen molar-refractivity contribution in [1.82, 2.24) is 15.1 Å². The molecule has 0 fully saturated rings. The lowest BCUT2D eigenvalue weighted by Gasteiger charge is -2.09. The molecule has 0 atom stereocenters. The van der Waals surface area contributed by atoms with E-state index >= 15 is 0 Å². The minimum Gasteiger partial charge on any atom is -0.494 e. The molecule has 0 bridgehead atoms. The first kappa shape index (κ1) is 23.1. The lowest BCUT2D eigenvalue weighted by atomic mass is 10.1. The van der Waals surface area contributed by atoms with Crippen molar-refractivity contribution < 1.29 is 14.3 Å². The number of aromatic nitrogens is 2. The van der Waals surface area contributed by atoms with E-state index in [0.717, 1.165) is 40.4 Å². The van der Waals surface area contributed by atoms with Gasteiger partial charge in [-0.05, 0) is 61.9 Å². The Balaban J connectivity index is 1.59. The van der Waals surface area contributed by atoms with Crippen molar-refractivity contribution >= 4 is 5.91 Å². The zero-order valence-corrected chi connectivity index (χ0v) is 19.5. The number of para-hydroxylation sites is 1. The van der Waals surface area contributed by atoms with E-state index in [1.54, 1.807) is 24.3 Å². The minimum absolute atomic E-state index is 0.151. The highest BCUT2D eigenvalue weighted by Gasteiger charge is 2.15. The molecule has 0 unspecified atom stereocenters. The number of hydrogen-bond acceptors (Lipinski definition) is 4. The van der Waals surface area contributed by atoms with Crippen molar-refractivity contribution in [3.05, 3.63) is 96.2 Å². The second-order valence-electron chi connectivity index (χ2n) is 7.80. The SMILES string of the molecule is CCCOc1cccc(-c2nn(-c3ccccc3)cc2CNC(=O)c2ccc(OCC)cc2)c1. The van der Waals surface area contributed by atoms with Crippen LogP contribution in [0, 0.1) is 0 Å². The van der Waals surface area contributed by atoms with Crippen LogP contribution in [-0.4, -0.2) is 28.9 Å². The Morgan fingerprint density at radius 2 is 1.71 bits per heavy atom. The van der Waals surface area contributed by atoms with Crippen LogP contribution < -0.4 is 14.8 Å². The highest BCUT2D eigenvalue weighted by Crippen LogP contribution is 2.27. The summed E-state index contributed by atoms with van der Waals surface area (Å²) in [5, 5.41) is 7.87. The monoisotopic (exact) mass is 455 g/mol. The normalized spacial score (nSPS) is 10.6. The molecule has 1 heterocycles. The third kappa shape index (κ3) is 5.64. The molecule has 34 heavy (non-hydrogen) atoms. The molecule has 0 radical (unpaired) electrons. The van der Waals surface area contributed by atoms with Crippen molar-refractivity contribution in [2.75, 3.05) is 13.2 Å². The van der Waals surface area contributed by atoms with Gasteiger partial charge < -0.3 is 14.8 Å². The van der Waals surface area contributed by atoms with Crippen LogP contribution in [0.25, 0.3) is 16.9 Å². The van der Waals surface area contributed by atoms with E-state index in [1.807, 2.05) is 72.4 Å². The third-order valence-electron chi connectivity index (χ3n) is 5.26. The average Bonchev–Trinajstić information content (AvgIpc) is 3.32. The number of carbonyl (C=O) groups excluding carboxylic acids is 1. The molecule has 1 aromatic heterocycles. The maximum absolute atomic E-state index is 12.8. The summed E-state index contributed by atoms with van der Waals surface area (Å²) in [5.74, 6) is 1.40. The number of ether oxygens (including phenoxy) is 2. The van der Waals surface area contributed by atoms with Crippen LogP contribution in [0.4, 0.5) is 0 Å². The second kappa shape index (κ2) is 11.2. The molecule has 0 saturated heterocycles. The summed E-state index contributed by atoms with van der Waals surface area (Å²) in [6.45, 7) is 5.60. The van der Waals surface area contributed by atoms with Gasteiger partial charge in [-0.2, -0.15) is 5.10 Å². The van der Waals surface area contributed by atoms with Gasteiger partial charge in [-0.1, -0.05) is 37.3 Å². The predicted octanol–water partition coefficient (Wildman–Crippen LogP) is 5.66. The van der Waals surface area contributed by atoms with E-state index in [-0.39, 0.29) is 5.91 Å². The van der Waals surface area contributed by atoms with Crippen LogP contribution in [0.15, 0.2) is 85.1 Å². The summed E-state index contributed by atoms with van der Waals surface area (Å²) in [5.41, 5.74) is 4.18. The molecule has 3 aromatic carbocycles. The van der Waals surface area contributed by atoms with Crippen molar-refractivity contribution in [1.29, 1.82) is 0 Å². The molecular formula is C28H29N3O3. The van der Waals surface area contributed by atoms with Gasteiger partial charge in [-0.3, -0.25) is 4.79 Å². The van der Waals surface area contributed by atoms with Crippen molar-refractivity contribution in [3.8, 4) is 28.4 Å². The van der Waals surface area contributed by atoms with Gasteiger partial charge in [0.05, 0.1) is 24.6 Å². The quantitative estimate of drug-likeness (QED) is 0.335. The third-order valence-corrected chi connectivity index (χ3v) is 5.26. The minimum atomic E-state index is -0.151. The Bertz CT molecular complexity index is 1220. The van der Waals surface area contributed by atoms with Gasteiger partial charge >= 0.3 is 0 Å². The highest BCUT2D eigenvalue weighted by atomic mass is 16.5. The molecule has 174 valence electrons. The van der Waals surface area contributed by atoms with E-state index in [1.165, 1.54) is 0 Å². The molecule has 0 aliphatic heterocycles. The Kier molecular flexibility index (Phi) is 7.60. The molecule has 1 amide bonds. The van der Waals surface area contributed by atoms with Crippen LogP contribution in [-0.2, 0) is 6.54 Å². The van der Waals surface area contributed by atoms with Crippen LogP contribution in [0.2, 0.25) is 0 Å². The van der Waals surface area contributed by atoms with E-state index in [2.05, 4.69) is 12.2 Å². The Morgan fingerprint density at radius 1 is 0.912 bits per heavy atom. The van der Waals surface area contributed by atoms with Crippen LogP contribution >= 0.6 is 0 Å². The Labute approximate surface area is 200 Å². The lowest BCUT2D eigenvalue weighted by Crippen LogP contribution is -2.22. The molecular weight excluding hydrogens is 426 g/mol. The maximum atomic E-state index is 12.8. The van der Waals surface area contributed by atoms with Crippen molar-refractivity contribution in [2.24, 2.45) is 0 Å². The van der Waals surface area contributed by atoms with E-state index in [9.17, 15) is 4.79 Å². The molecule has 6 nitrogen and oxygen atoms in total. The average molecular weight is 456 g/mol. The molecule has 6 heteroatoms. The molecule has 1 N–H and O–H groups in total. The summed E-state index contributed by atoms with van der Waals surface area (Å²) >= 11 is 0. The van der Waals surface area contributed by atoms with Gasteiger partial charge in [0.2, 0.25) is 0 Å². The topological polar surface area (TPSA) is 65.4 Å². The largest absolute Gasteiger partial charge is 0.494 e. The number of hydrogen-bond donors (Lipinski definition) is 1. The first-order valence-electron chi connectivity index (χ1n) is 11.6. The molecule has 4 aromatic rings. The molecule has 4 rings (SSSR count). The highest BCUT2D eigenvalue weighted by molar-refractivity contribution is 5.94. The first-order valence-corrected chi connectivity index (χ1v) is 11.6. The summed E-state index contributed by atoms with van der Waals surface area (Å²) in [6.07, 6.45) is 2.90. The van der Waals surface area contributed by atoms with Gasteiger partial charge in [0.1, 0.15) is 11.5 Å². The second-order valence-corrected chi connectivity index (χ2v) is 7.80. The predicted molar refractivity (Wildman–Crippen MR) is 134 cm³/mol. The zero-order chi connectivity index (χ0) is 23.8. The lowest BCUT2D eigenvalue weighted by molar-refractivity contribution is 0.0951. The molecule has 0 aliphatic carbocycles. The van der Waals surface area contributed by atoms with E-state index in [4.69, 9.17) is 14.6 Å². The molecule has 0 saturated carbocycles. The smallest absolute Gasteiger partial charge is 0.251 e. The van der Waals surface area contributed by atoms with Crippen molar-refractivity contribution in [3.63, 3.8) is 0 Å². The van der Waals surface area contributed by atoms with Crippen molar-refractivity contribution in [2.45, 2.75) is 26.8 Å². The van der Waals surface area contributed by atoms with Gasteiger partial charge in [-0.25, -0.2) is 4.68 Å². The fourth-order valence-corrected chi connectivity index (χ4v) is 3.59. The number of rotatable bonds is 10. The first-order chi connectivity index (χ1) is 16.7. The number of carbonyl (C=O) groups is 1. The van der Waals surface area contributed by atoms with Gasteiger partial charge in [0, 0.05) is 29.4 Å². The van der Waals surface area contributed by atoms with E-state index < -0.39 is 0 Å². The van der Waals surface area contributed by atoms with Gasteiger partial charge in [0.25, 0.3) is 5.91 Å². The zero-order valence-electron chi connectivity index (χ0n) is 19.5. The summed E-state index contributed by atoms with van der Waals surface area (Å²) in [4.78, 5) is 12.8. The fraction of sp³-hybridized carbons (Fsp3) is 0.214. The standard InChI is InChI=1S/C28H29N3O3/c1-3-17-34-26-12-8-9-22(18-26)27-23(20-31(30-27)24-10-6-5-7-11-24)19-29-28(32)21-13-15-25(16-14-21)33-4-2/h5-16,18,20H,3-4,17,19H2,1-2H3,(H,29,32). The Hall–Kier alpha value is -4.06. The summed E-state index contributed by atoms with van der Waals surface area (Å²) in [7, 11) is 0. The fourth-order valence-electron chi connectivity index (χ4n) is 3.59.